The van der Waals surface area contributed by atoms with Crippen molar-refractivity contribution in [3.63, 3.8) is 0 Å². The van der Waals surface area contributed by atoms with Crippen LogP contribution >= 0.6 is 11.3 Å². The van der Waals surface area contributed by atoms with Crippen LogP contribution in [0.1, 0.15) is 18.4 Å². The number of anilines is 1. The van der Waals surface area contributed by atoms with Crippen molar-refractivity contribution in [3.05, 3.63) is 41.2 Å². The minimum absolute atomic E-state index is 0.0329. The van der Waals surface area contributed by atoms with E-state index in [1.807, 2.05) is 0 Å². The number of benzene rings is 1. The molecule has 1 saturated heterocycles. The molecule has 1 aliphatic heterocycles. The number of hydrogen-bond acceptors (Lipinski definition) is 9. The molecular weight excluding hydrogens is 463 g/mol. The van der Waals surface area contributed by atoms with Gasteiger partial charge in [-0.3, -0.25) is 10.1 Å². The Morgan fingerprint density at radius 1 is 1.38 bits per heavy atom. The Bertz CT molecular complexity index is 1040. The molecule has 0 unspecified atom stereocenters. The lowest BCUT2D eigenvalue weighted by molar-refractivity contribution is -0.110. The van der Waals surface area contributed by atoms with Crippen LogP contribution in [-0.2, 0) is 29.1 Å². The van der Waals surface area contributed by atoms with E-state index in [0.29, 0.717) is 49.6 Å². The van der Waals surface area contributed by atoms with Gasteiger partial charge in [0.15, 0.2) is 22.1 Å². The molecule has 0 spiro atoms. The summed E-state index contributed by atoms with van der Waals surface area (Å²) in [7, 11) is -2.18. The first-order valence-electron chi connectivity index (χ1n) is 9.72. The molecule has 13 heteroatoms. The number of nitrogens with zero attached hydrogens (tertiary/aromatic N) is 2. The number of nitrogens with one attached hydrogen (secondary N) is 2. The van der Waals surface area contributed by atoms with E-state index in [-0.39, 0.29) is 28.4 Å². The number of carbonyl (C=O) groups excluding carboxylic acids is 1. The quantitative estimate of drug-likeness (QED) is 0.281. The molecule has 0 bridgehead atoms. The maximum Gasteiger partial charge on any atom is 0.280 e. The molecule has 0 aliphatic carbocycles. The average Bonchev–Trinajstić information content (AvgIpc) is 3.43. The number of sulfonamides is 1. The smallest absolute Gasteiger partial charge is 0.280 e. The van der Waals surface area contributed by atoms with Crippen molar-refractivity contribution >= 4 is 38.1 Å². The van der Waals surface area contributed by atoms with Crippen LogP contribution in [0.25, 0.3) is 0 Å². The summed E-state index contributed by atoms with van der Waals surface area (Å²) in [5, 5.41) is 5.94. The lowest BCUT2D eigenvalue weighted by Crippen LogP contribution is -2.26. The highest BCUT2D eigenvalue weighted by molar-refractivity contribution is 7.89. The Morgan fingerprint density at radius 3 is 2.78 bits per heavy atom. The topological polar surface area (TPSA) is 128 Å². The standard InChI is InChI=1S/C19H23FN4O6S2/c1-28-9-2-8-22-32(26,27)15-5-3-13(4-6-15)17(24-30-14-7-10-29-12-14)18(25)23-19-21-11-16(20)31-19/h3-6,11,14,22H,2,7-10,12H2,1H3,(H,21,23,25)/b24-17+/t14-/m1/s1. The van der Waals surface area contributed by atoms with Crippen molar-refractivity contribution in [2.75, 3.05) is 38.8 Å². The summed E-state index contributed by atoms with van der Waals surface area (Å²) in [5.41, 5.74) is 0.210. The van der Waals surface area contributed by atoms with Crippen LogP contribution < -0.4 is 10.0 Å². The van der Waals surface area contributed by atoms with Gasteiger partial charge in [-0.1, -0.05) is 28.6 Å². The van der Waals surface area contributed by atoms with Crippen LogP contribution in [0.5, 0.6) is 0 Å². The van der Waals surface area contributed by atoms with E-state index in [1.54, 1.807) is 0 Å². The first kappa shape index (κ1) is 24.2. The molecule has 0 saturated carbocycles. The fraction of sp³-hybridized carbons (Fsp3) is 0.421. The Hall–Kier alpha value is -2.45. The minimum Gasteiger partial charge on any atom is -0.389 e. The summed E-state index contributed by atoms with van der Waals surface area (Å²) in [6.07, 6.45) is 1.85. The molecule has 174 valence electrons. The van der Waals surface area contributed by atoms with Crippen molar-refractivity contribution in [1.29, 1.82) is 0 Å². The maximum atomic E-state index is 13.2. The van der Waals surface area contributed by atoms with Crippen LogP contribution in [0.15, 0.2) is 40.5 Å². The van der Waals surface area contributed by atoms with E-state index in [1.165, 1.54) is 31.4 Å². The molecule has 1 aromatic heterocycles. The lowest BCUT2D eigenvalue weighted by Gasteiger charge is -2.11. The van der Waals surface area contributed by atoms with E-state index < -0.39 is 21.1 Å². The minimum atomic E-state index is -3.72. The van der Waals surface area contributed by atoms with Crippen molar-refractivity contribution in [2.24, 2.45) is 5.16 Å². The highest BCUT2D eigenvalue weighted by atomic mass is 32.2. The van der Waals surface area contributed by atoms with E-state index in [9.17, 15) is 17.6 Å². The van der Waals surface area contributed by atoms with Gasteiger partial charge >= 0.3 is 0 Å². The molecule has 2 N–H and O–H groups in total. The number of rotatable bonds is 11. The van der Waals surface area contributed by atoms with Crippen molar-refractivity contribution in [3.8, 4) is 0 Å². The lowest BCUT2D eigenvalue weighted by atomic mass is 10.1. The molecule has 2 aromatic rings. The number of methoxy groups -OCH3 is 1. The highest BCUT2D eigenvalue weighted by Gasteiger charge is 2.22. The van der Waals surface area contributed by atoms with E-state index in [0.717, 1.165) is 6.20 Å². The number of oxime groups is 1. The Labute approximate surface area is 188 Å². The fourth-order valence-electron chi connectivity index (χ4n) is 2.72. The maximum absolute atomic E-state index is 13.2. The van der Waals surface area contributed by atoms with E-state index >= 15 is 0 Å². The second kappa shape index (κ2) is 11.4. The molecule has 1 aromatic carbocycles. The van der Waals surface area contributed by atoms with Gasteiger partial charge in [0.25, 0.3) is 5.91 Å². The summed E-state index contributed by atoms with van der Waals surface area (Å²) in [6.45, 7) is 1.55. The zero-order valence-electron chi connectivity index (χ0n) is 17.2. The molecule has 1 aliphatic rings. The number of thiazole rings is 1. The van der Waals surface area contributed by atoms with Gasteiger partial charge in [-0.25, -0.2) is 18.1 Å². The first-order chi connectivity index (χ1) is 15.4. The summed E-state index contributed by atoms with van der Waals surface area (Å²) in [4.78, 5) is 22.0. The summed E-state index contributed by atoms with van der Waals surface area (Å²) in [5.74, 6) is -0.674. The zero-order chi connectivity index (χ0) is 23.0. The van der Waals surface area contributed by atoms with Crippen molar-refractivity contribution < 1.29 is 31.9 Å². The third-order valence-electron chi connectivity index (χ3n) is 4.35. The molecule has 1 amide bonds. The summed E-state index contributed by atoms with van der Waals surface area (Å²) < 4.78 is 50.6. The van der Waals surface area contributed by atoms with Crippen LogP contribution in [0.4, 0.5) is 9.52 Å². The molecule has 2 heterocycles. The van der Waals surface area contributed by atoms with Gasteiger partial charge in [0.1, 0.15) is 0 Å². The zero-order valence-corrected chi connectivity index (χ0v) is 18.9. The molecule has 1 fully saturated rings. The van der Waals surface area contributed by atoms with Crippen LogP contribution in [0.3, 0.4) is 0 Å². The van der Waals surface area contributed by atoms with Crippen molar-refractivity contribution in [1.82, 2.24) is 9.71 Å². The normalized spacial score (nSPS) is 16.8. The molecule has 0 radical (unpaired) electrons. The average molecular weight is 487 g/mol. The number of ether oxygens (including phenoxy) is 2. The number of amides is 1. The highest BCUT2D eigenvalue weighted by Crippen LogP contribution is 2.18. The SMILES string of the molecule is COCCCNS(=O)(=O)c1ccc(/C(=N\O[C@@H]2CCOC2)C(=O)Nc2ncc(F)s2)cc1. The molecule has 3 rings (SSSR count). The molecule has 32 heavy (non-hydrogen) atoms. The second-order valence-electron chi connectivity index (χ2n) is 6.72. The largest absolute Gasteiger partial charge is 0.389 e. The predicted molar refractivity (Wildman–Crippen MR) is 116 cm³/mol. The van der Waals surface area contributed by atoms with Gasteiger partial charge in [-0.2, -0.15) is 4.39 Å². The summed E-state index contributed by atoms with van der Waals surface area (Å²) in [6, 6.07) is 5.61. The van der Waals surface area contributed by atoms with Gasteiger partial charge in [0.2, 0.25) is 10.0 Å². The first-order valence-corrected chi connectivity index (χ1v) is 12.0. The van der Waals surface area contributed by atoms with Gasteiger partial charge in [-0.05, 0) is 18.6 Å². The number of hydrogen-bond donors (Lipinski definition) is 2. The second-order valence-corrected chi connectivity index (χ2v) is 9.47. The number of halogens is 1. The third-order valence-corrected chi connectivity index (χ3v) is 6.53. The molecule has 10 nitrogen and oxygen atoms in total. The van der Waals surface area contributed by atoms with Crippen LogP contribution in [0, 0.1) is 5.13 Å². The van der Waals surface area contributed by atoms with Crippen LogP contribution in [-0.4, -0.2) is 64.6 Å². The Morgan fingerprint density at radius 2 is 2.16 bits per heavy atom. The Kier molecular flexibility index (Phi) is 8.64. The van der Waals surface area contributed by atoms with Gasteiger partial charge in [0, 0.05) is 32.2 Å². The molecule has 1 atom stereocenters. The third kappa shape index (κ3) is 6.77. The molecular formula is C19H23FN4O6S2. The van der Waals surface area contributed by atoms with Gasteiger partial charge in [0.05, 0.1) is 24.3 Å². The monoisotopic (exact) mass is 486 g/mol. The van der Waals surface area contributed by atoms with Crippen molar-refractivity contribution in [2.45, 2.75) is 23.8 Å². The van der Waals surface area contributed by atoms with Gasteiger partial charge in [-0.15, -0.1) is 0 Å². The predicted octanol–water partition coefficient (Wildman–Crippen LogP) is 1.75. The Balaban J connectivity index is 1.77. The van der Waals surface area contributed by atoms with E-state index in [4.69, 9.17) is 14.3 Å². The van der Waals surface area contributed by atoms with E-state index in [2.05, 4.69) is 20.2 Å². The fourth-order valence-corrected chi connectivity index (χ4v) is 4.33. The number of carbonyl (C=O) groups is 1. The van der Waals surface area contributed by atoms with Crippen LogP contribution in [0.2, 0.25) is 0 Å². The summed E-state index contributed by atoms with van der Waals surface area (Å²) >= 11 is 0.667. The number of aromatic nitrogens is 1. The van der Waals surface area contributed by atoms with Gasteiger partial charge < -0.3 is 14.3 Å².